The highest BCUT2D eigenvalue weighted by molar-refractivity contribution is 6.05. The molecule has 0 bridgehead atoms. The number of H-pyrrole nitrogens is 1. The fraction of sp³-hybridized carbons (Fsp3) is 0.182. The lowest BCUT2D eigenvalue weighted by atomic mass is 10.1. The van der Waals surface area contributed by atoms with Crippen LogP contribution in [0.3, 0.4) is 0 Å². The van der Waals surface area contributed by atoms with Crippen molar-refractivity contribution in [2.24, 2.45) is 0 Å². The molecule has 152 valence electrons. The molecular weight excluding hydrogens is 382 g/mol. The van der Waals surface area contributed by atoms with Crippen LogP contribution in [0, 0.1) is 27.7 Å². The van der Waals surface area contributed by atoms with Gasteiger partial charge in [-0.3, -0.25) is 14.2 Å². The fourth-order valence-electron chi connectivity index (χ4n) is 3.46. The first kappa shape index (κ1) is 19.4. The van der Waals surface area contributed by atoms with Crippen LogP contribution in [0.4, 0.5) is 5.69 Å². The molecule has 30 heavy (non-hydrogen) atoms. The van der Waals surface area contributed by atoms with Crippen molar-refractivity contribution in [3.63, 3.8) is 0 Å². The molecule has 1 amide bonds. The third kappa shape index (κ3) is 3.67. The van der Waals surface area contributed by atoms with Crippen molar-refractivity contribution in [3.05, 3.63) is 81.2 Å². The first-order chi connectivity index (χ1) is 14.3. The van der Waals surface area contributed by atoms with Gasteiger partial charge in [-0.1, -0.05) is 17.3 Å². The molecule has 4 aromatic rings. The van der Waals surface area contributed by atoms with Crippen molar-refractivity contribution in [1.82, 2.24) is 19.7 Å². The van der Waals surface area contributed by atoms with E-state index in [-0.39, 0.29) is 11.5 Å². The van der Waals surface area contributed by atoms with Gasteiger partial charge in [-0.15, -0.1) is 0 Å². The monoisotopic (exact) mass is 403 g/mol. The summed E-state index contributed by atoms with van der Waals surface area (Å²) in [5.41, 5.74) is 3.89. The van der Waals surface area contributed by atoms with Crippen molar-refractivity contribution < 1.29 is 9.32 Å². The van der Waals surface area contributed by atoms with Crippen LogP contribution in [0.5, 0.6) is 0 Å². The Balaban J connectivity index is 1.63. The Bertz CT molecular complexity index is 1310. The standard InChI is InChI=1S/C22H21N5O3/c1-12-8-20(28)25-21(23-12)16-6-5-7-17(11-16)24-22(29)18-9-13(2)27(15(18)4)19-10-14(3)30-26-19/h5-11H,1-4H3,(H,24,29)(H,23,25,28). The minimum Gasteiger partial charge on any atom is -0.360 e. The number of aromatic nitrogens is 4. The number of carbonyl (C=O) groups excluding carboxylic acids is 1. The number of nitrogens with one attached hydrogen (secondary N) is 2. The first-order valence-electron chi connectivity index (χ1n) is 9.44. The Morgan fingerprint density at radius 1 is 1.10 bits per heavy atom. The summed E-state index contributed by atoms with van der Waals surface area (Å²) in [4.78, 5) is 31.8. The molecule has 0 unspecified atom stereocenters. The van der Waals surface area contributed by atoms with Gasteiger partial charge in [-0.25, -0.2) is 4.98 Å². The molecule has 0 aliphatic heterocycles. The molecule has 0 spiro atoms. The van der Waals surface area contributed by atoms with Crippen LogP contribution in [0.2, 0.25) is 0 Å². The van der Waals surface area contributed by atoms with Crippen molar-refractivity contribution in [1.29, 1.82) is 0 Å². The number of nitrogens with zero attached hydrogens (tertiary/aromatic N) is 3. The van der Waals surface area contributed by atoms with Gasteiger partial charge in [-0.05, 0) is 45.9 Å². The highest BCUT2D eigenvalue weighted by Gasteiger charge is 2.18. The van der Waals surface area contributed by atoms with E-state index >= 15 is 0 Å². The predicted molar refractivity (Wildman–Crippen MR) is 113 cm³/mol. The summed E-state index contributed by atoms with van der Waals surface area (Å²) in [6.07, 6.45) is 0. The molecule has 8 nitrogen and oxygen atoms in total. The van der Waals surface area contributed by atoms with E-state index in [4.69, 9.17) is 4.52 Å². The average molecular weight is 403 g/mol. The average Bonchev–Trinajstić information content (AvgIpc) is 3.23. The van der Waals surface area contributed by atoms with Crippen LogP contribution in [0.1, 0.15) is 33.2 Å². The van der Waals surface area contributed by atoms with Gasteiger partial charge >= 0.3 is 0 Å². The van der Waals surface area contributed by atoms with E-state index in [0.717, 1.165) is 11.4 Å². The molecule has 0 aliphatic rings. The maximum atomic E-state index is 13.0. The maximum Gasteiger partial charge on any atom is 0.257 e. The van der Waals surface area contributed by atoms with E-state index in [2.05, 4.69) is 20.4 Å². The highest BCUT2D eigenvalue weighted by Crippen LogP contribution is 2.23. The van der Waals surface area contributed by atoms with E-state index < -0.39 is 0 Å². The molecule has 0 fully saturated rings. The lowest BCUT2D eigenvalue weighted by Crippen LogP contribution is -2.13. The maximum absolute atomic E-state index is 13.0. The molecule has 0 saturated carbocycles. The van der Waals surface area contributed by atoms with Crippen molar-refractivity contribution in [2.75, 3.05) is 5.32 Å². The van der Waals surface area contributed by atoms with E-state index in [1.54, 1.807) is 25.1 Å². The van der Waals surface area contributed by atoms with Crippen molar-refractivity contribution >= 4 is 11.6 Å². The van der Waals surface area contributed by atoms with Crippen LogP contribution in [-0.2, 0) is 0 Å². The molecule has 0 saturated heterocycles. The predicted octanol–water partition coefficient (Wildman–Crippen LogP) is 3.70. The molecule has 1 aromatic carbocycles. The molecule has 3 aromatic heterocycles. The van der Waals surface area contributed by atoms with Crippen molar-refractivity contribution in [3.8, 4) is 17.2 Å². The highest BCUT2D eigenvalue weighted by atomic mass is 16.5. The summed E-state index contributed by atoms with van der Waals surface area (Å²) >= 11 is 0. The van der Waals surface area contributed by atoms with E-state index in [1.807, 2.05) is 43.5 Å². The molecule has 3 heterocycles. The Hall–Kier alpha value is -3.94. The van der Waals surface area contributed by atoms with Crippen molar-refractivity contribution in [2.45, 2.75) is 27.7 Å². The van der Waals surface area contributed by atoms with Crippen LogP contribution < -0.4 is 10.9 Å². The zero-order chi connectivity index (χ0) is 21.4. The van der Waals surface area contributed by atoms with Gasteiger partial charge in [0.05, 0.1) is 5.56 Å². The summed E-state index contributed by atoms with van der Waals surface area (Å²) in [6, 6.07) is 12.3. The number of hydrogen-bond donors (Lipinski definition) is 2. The number of aryl methyl sites for hydroxylation is 3. The molecule has 2 N–H and O–H groups in total. The second-order valence-corrected chi connectivity index (χ2v) is 7.19. The normalized spacial score (nSPS) is 10.9. The van der Waals surface area contributed by atoms with Gasteiger partial charge in [-0.2, -0.15) is 0 Å². The second-order valence-electron chi connectivity index (χ2n) is 7.19. The summed E-state index contributed by atoms with van der Waals surface area (Å²) < 4.78 is 7.04. The Labute approximate surface area is 172 Å². The quantitative estimate of drug-likeness (QED) is 0.540. The minimum absolute atomic E-state index is 0.220. The fourth-order valence-corrected chi connectivity index (χ4v) is 3.46. The van der Waals surface area contributed by atoms with E-state index in [0.29, 0.717) is 39.9 Å². The minimum atomic E-state index is -0.239. The SMILES string of the molecule is Cc1cc(=O)[nH]c(-c2cccc(NC(=O)c3cc(C)n(-c4cc(C)on4)c3C)c2)n1. The van der Waals surface area contributed by atoms with Crippen LogP contribution in [0.25, 0.3) is 17.2 Å². The Kier molecular flexibility index (Phi) is 4.83. The zero-order valence-electron chi connectivity index (χ0n) is 17.1. The molecule has 4 rings (SSSR count). The first-order valence-corrected chi connectivity index (χ1v) is 9.44. The van der Waals surface area contributed by atoms with Crippen LogP contribution in [-0.4, -0.2) is 25.6 Å². The summed E-state index contributed by atoms with van der Waals surface area (Å²) in [5, 5.41) is 6.96. The smallest absolute Gasteiger partial charge is 0.257 e. The van der Waals surface area contributed by atoms with Gasteiger partial charge in [0.1, 0.15) is 11.6 Å². The summed E-state index contributed by atoms with van der Waals surface area (Å²) in [7, 11) is 0. The molecule has 0 radical (unpaired) electrons. The molecule has 0 aliphatic carbocycles. The number of benzene rings is 1. The van der Waals surface area contributed by atoms with Gasteiger partial charge in [0, 0.05) is 40.5 Å². The Morgan fingerprint density at radius 3 is 2.60 bits per heavy atom. The van der Waals surface area contributed by atoms with Gasteiger partial charge in [0.2, 0.25) is 0 Å². The number of amides is 1. The van der Waals surface area contributed by atoms with Gasteiger partial charge in [0.15, 0.2) is 5.82 Å². The lowest BCUT2D eigenvalue weighted by Gasteiger charge is -2.08. The molecule has 0 atom stereocenters. The second kappa shape index (κ2) is 7.47. The third-order valence-corrected chi connectivity index (χ3v) is 4.78. The van der Waals surface area contributed by atoms with Gasteiger partial charge in [0.25, 0.3) is 11.5 Å². The molecular formula is C22H21N5O3. The number of carbonyl (C=O) groups is 1. The largest absolute Gasteiger partial charge is 0.360 e. The third-order valence-electron chi connectivity index (χ3n) is 4.78. The number of aromatic amines is 1. The molecule has 8 heteroatoms. The Morgan fingerprint density at radius 2 is 1.90 bits per heavy atom. The lowest BCUT2D eigenvalue weighted by molar-refractivity contribution is 0.102. The summed E-state index contributed by atoms with van der Waals surface area (Å²) in [5.74, 6) is 1.55. The summed E-state index contributed by atoms with van der Waals surface area (Å²) in [6.45, 7) is 7.36. The van der Waals surface area contributed by atoms with Crippen LogP contribution >= 0.6 is 0 Å². The van der Waals surface area contributed by atoms with E-state index in [1.165, 1.54) is 6.07 Å². The van der Waals surface area contributed by atoms with Crippen LogP contribution in [0.15, 0.2) is 51.8 Å². The number of anilines is 1. The topological polar surface area (TPSA) is 106 Å². The number of rotatable bonds is 4. The number of hydrogen-bond acceptors (Lipinski definition) is 5. The van der Waals surface area contributed by atoms with Gasteiger partial charge < -0.3 is 14.8 Å². The zero-order valence-corrected chi connectivity index (χ0v) is 17.1. The van der Waals surface area contributed by atoms with E-state index in [9.17, 15) is 9.59 Å².